The van der Waals surface area contributed by atoms with Crippen molar-refractivity contribution in [1.82, 2.24) is 34.4 Å². The second kappa shape index (κ2) is 7.03. The first-order valence-electron chi connectivity index (χ1n) is 9.95. The molecule has 1 amide bonds. The number of hydrogen-bond acceptors (Lipinski definition) is 6. The third kappa shape index (κ3) is 3.24. The van der Waals surface area contributed by atoms with E-state index in [1.807, 2.05) is 14.3 Å². The van der Waals surface area contributed by atoms with Crippen molar-refractivity contribution >= 4 is 5.91 Å². The van der Waals surface area contributed by atoms with Gasteiger partial charge in [0.2, 0.25) is 5.91 Å². The van der Waals surface area contributed by atoms with Gasteiger partial charge in [0.25, 0.3) is 0 Å². The van der Waals surface area contributed by atoms with Gasteiger partial charge in [0.15, 0.2) is 5.82 Å². The molecule has 1 atom stereocenters. The number of nitrogens with zero attached hydrogens (tertiary/aromatic N) is 7. The van der Waals surface area contributed by atoms with Crippen LogP contribution in [0.3, 0.4) is 0 Å². The molecule has 27 heavy (non-hydrogen) atoms. The number of hydrogen-bond donors (Lipinski definition) is 0. The second-order valence-electron chi connectivity index (χ2n) is 7.66. The molecule has 2 aromatic rings. The van der Waals surface area contributed by atoms with Gasteiger partial charge in [0.05, 0.1) is 6.54 Å². The highest BCUT2D eigenvalue weighted by Gasteiger charge is 2.31. The van der Waals surface area contributed by atoms with Crippen molar-refractivity contribution in [3.8, 4) is 0 Å². The lowest BCUT2D eigenvalue weighted by Crippen LogP contribution is -2.41. The maximum Gasteiger partial charge on any atom is 0.226 e. The molecule has 0 aromatic carbocycles. The molecule has 1 fully saturated rings. The number of aromatic nitrogens is 6. The van der Waals surface area contributed by atoms with Crippen LogP contribution in [0.1, 0.15) is 42.7 Å². The monoisotopic (exact) mass is 371 g/mol. The van der Waals surface area contributed by atoms with Crippen LogP contribution < -0.4 is 0 Å². The minimum Gasteiger partial charge on any atom is -0.381 e. The lowest BCUT2D eigenvalue weighted by Gasteiger charge is -2.28. The molecule has 3 aliphatic rings. The van der Waals surface area contributed by atoms with Gasteiger partial charge in [-0.1, -0.05) is 0 Å². The highest BCUT2D eigenvalue weighted by Crippen LogP contribution is 2.25. The van der Waals surface area contributed by atoms with E-state index in [4.69, 9.17) is 14.8 Å². The summed E-state index contributed by atoms with van der Waals surface area (Å²) in [5, 5.41) is 8.95. The topological polar surface area (TPSA) is 91.0 Å². The van der Waals surface area contributed by atoms with Crippen molar-refractivity contribution in [1.29, 1.82) is 0 Å². The number of carbonyl (C=O) groups excluding carboxylic acids is 1. The van der Waals surface area contributed by atoms with E-state index in [1.54, 1.807) is 6.33 Å². The first-order chi connectivity index (χ1) is 13.3. The Morgan fingerprint density at radius 1 is 1.04 bits per heavy atom. The van der Waals surface area contributed by atoms with Crippen molar-refractivity contribution < 1.29 is 9.53 Å². The Morgan fingerprint density at radius 2 is 1.93 bits per heavy atom. The van der Waals surface area contributed by atoms with Crippen LogP contribution in [0.15, 0.2) is 6.33 Å². The average Bonchev–Trinajstić information content (AvgIpc) is 3.30. The fourth-order valence-electron chi connectivity index (χ4n) is 4.37. The molecular weight excluding hydrogens is 346 g/mol. The van der Waals surface area contributed by atoms with Gasteiger partial charge in [0.1, 0.15) is 18.0 Å². The first-order valence-corrected chi connectivity index (χ1v) is 9.95. The molecule has 144 valence electrons. The molecule has 1 unspecified atom stereocenters. The largest absolute Gasteiger partial charge is 0.381 e. The van der Waals surface area contributed by atoms with E-state index >= 15 is 0 Å². The van der Waals surface area contributed by atoms with E-state index in [-0.39, 0.29) is 11.8 Å². The van der Waals surface area contributed by atoms with E-state index in [2.05, 4.69) is 10.1 Å². The fourth-order valence-corrected chi connectivity index (χ4v) is 4.37. The predicted octanol–water partition coefficient (Wildman–Crippen LogP) is 0.411. The molecule has 0 saturated carbocycles. The molecule has 0 N–H and O–H groups in total. The van der Waals surface area contributed by atoms with Gasteiger partial charge < -0.3 is 9.64 Å². The summed E-state index contributed by atoms with van der Waals surface area (Å²) < 4.78 is 9.36. The summed E-state index contributed by atoms with van der Waals surface area (Å²) in [6, 6.07) is 0. The highest BCUT2D eigenvalue weighted by atomic mass is 16.5. The quantitative estimate of drug-likeness (QED) is 0.759. The third-order valence-corrected chi connectivity index (χ3v) is 6.01. The SMILES string of the molecule is O=C(C1CCn2ncnc2C1)N1CCc2nc(C3CCOCC3)nn2CC1. The minimum absolute atomic E-state index is 0.0119. The van der Waals surface area contributed by atoms with Gasteiger partial charge >= 0.3 is 0 Å². The van der Waals surface area contributed by atoms with Crippen LogP contribution in [-0.4, -0.2) is 66.6 Å². The van der Waals surface area contributed by atoms with Crippen LogP contribution in [0.4, 0.5) is 0 Å². The smallest absolute Gasteiger partial charge is 0.226 e. The Balaban J connectivity index is 1.24. The maximum absolute atomic E-state index is 13.0. The van der Waals surface area contributed by atoms with Gasteiger partial charge in [0, 0.05) is 57.5 Å². The van der Waals surface area contributed by atoms with Gasteiger partial charge in [-0.05, 0) is 19.3 Å². The summed E-state index contributed by atoms with van der Waals surface area (Å²) in [4.78, 5) is 24.1. The van der Waals surface area contributed by atoms with Crippen LogP contribution in [0.25, 0.3) is 0 Å². The van der Waals surface area contributed by atoms with Crippen molar-refractivity contribution in [2.24, 2.45) is 5.92 Å². The van der Waals surface area contributed by atoms with Crippen LogP contribution in [0.2, 0.25) is 0 Å². The van der Waals surface area contributed by atoms with Crippen LogP contribution in [0.5, 0.6) is 0 Å². The molecule has 9 heteroatoms. The second-order valence-corrected chi connectivity index (χ2v) is 7.66. The lowest BCUT2D eigenvalue weighted by molar-refractivity contribution is -0.136. The molecule has 0 spiro atoms. The molecule has 0 aliphatic carbocycles. The molecule has 5 heterocycles. The molecule has 5 rings (SSSR count). The predicted molar refractivity (Wildman–Crippen MR) is 94.9 cm³/mol. The number of fused-ring (bicyclic) bond motifs is 2. The van der Waals surface area contributed by atoms with E-state index in [0.717, 1.165) is 69.5 Å². The van der Waals surface area contributed by atoms with E-state index in [1.165, 1.54) is 0 Å². The number of ether oxygens (including phenoxy) is 1. The van der Waals surface area contributed by atoms with E-state index < -0.39 is 0 Å². The van der Waals surface area contributed by atoms with E-state index in [0.29, 0.717) is 25.4 Å². The molecule has 3 aliphatic heterocycles. The molecular formula is C18H25N7O2. The molecule has 0 radical (unpaired) electrons. The summed E-state index contributed by atoms with van der Waals surface area (Å²) in [6.45, 7) is 4.51. The molecule has 0 bridgehead atoms. The average molecular weight is 371 g/mol. The Kier molecular flexibility index (Phi) is 4.39. The first kappa shape index (κ1) is 16.9. The number of carbonyl (C=O) groups is 1. The van der Waals surface area contributed by atoms with Gasteiger partial charge in [-0.3, -0.25) is 9.48 Å². The normalized spacial score (nSPS) is 23.6. The van der Waals surface area contributed by atoms with Crippen molar-refractivity contribution in [2.45, 2.75) is 51.1 Å². The Labute approximate surface area is 157 Å². The number of amides is 1. The van der Waals surface area contributed by atoms with Crippen molar-refractivity contribution in [3.05, 3.63) is 23.8 Å². The third-order valence-electron chi connectivity index (χ3n) is 6.01. The molecule has 2 aromatic heterocycles. The Hall–Kier alpha value is -2.29. The van der Waals surface area contributed by atoms with Crippen molar-refractivity contribution in [2.75, 3.05) is 26.3 Å². The number of rotatable bonds is 2. The van der Waals surface area contributed by atoms with Gasteiger partial charge in [-0.25, -0.2) is 14.6 Å². The Bertz CT molecular complexity index is 798. The van der Waals surface area contributed by atoms with Crippen LogP contribution >= 0.6 is 0 Å². The zero-order valence-corrected chi connectivity index (χ0v) is 15.5. The number of aryl methyl sites for hydroxylation is 1. The zero-order valence-electron chi connectivity index (χ0n) is 15.5. The standard InChI is InChI=1S/C18H25N7O2/c26-18(14-1-6-24-16(11-14)19-12-20-24)23-5-2-15-21-17(22-25(15)8-7-23)13-3-9-27-10-4-13/h12-14H,1-11H2. The summed E-state index contributed by atoms with van der Waals surface area (Å²) in [5.41, 5.74) is 0. The molecule has 1 saturated heterocycles. The van der Waals surface area contributed by atoms with Crippen molar-refractivity contribution in [3.63, 3.8) is 0 Å². The maximum atomic E-state index is 13.0. The minimum atomic E-state index is 0.0119. The highest BCUT2D eigenvalue weighted by molar-refractivity contribution is 5.79. The van der Waals surface area contributed by atoms with Crippen LogP contribution in [0, 0.1) is 5.92 Å². The van der Waals surface area contributed by atoms with Gasteiger partial charge in [-0.2, -0.15) is 10.2 Å². The summed E-state index contributed by atoms with van der Waals surface area (Å²) in [7, 11) is 0. The van der Waals surface area contributed by atoms with Crippen LogP contribution in [-0.2, 0) is 35.5 Å². The summed E-state index contributed by atoms with van der Waals surface area (Å²) in [6.07, 6.45) is 5.87. The zero-order chi connectivity index (χ0) is 18.2. The summed E-state index contributed by atoms with van der Waals surface area (Å²) in [5.74, 6) is 3.55. The lowest BCUT2D eigenvalue weighted by atomic mass is 9.96. The fraction of sp³-hybridized carbons (Fsp3) is 0.722. The summed E-state index contributed by atoms with van der Waals surface area (Å²) >= 11 is 0. The van der Waals surface area contributed by atoms with Gasteiger partial charge in [-0.15, -0.1) is 0 Å². The molecule has 9 nitrogen and oxygen atoms in total. The van der Waals surface area contributed by atoms with E-state index in [9.17, 15) is 4.79 Å². The Morgan fingerprint density at radius 3 is 2.81 bits per heavy atom.